The SMILES string of the molecule is CCCCCCCCCCC=Cc1ccccc1S(=O)(=O)O.[Zn]. The van der Waals surface area contributed by atoms with Gasteiger partial charge in [-0.15, -0.1) is 0 Å². The van der Waals surface area contributed by atoms with E-state index in [1.165, 1.54) is 51.0 Å². The quantitative estimate of drug-likeness (QED) is 0.310. The fourth-order valence-corrected chi connectivity index (χ4v) is 3.14. The van der Waals surface area contributed by atoms with Gasteiger partial charge in [-0.1, -0.05) is 82.2 Å². The Bertz CT molecular complexity index is 553. The van der Waals surface area contributed by atoms with E-state index in [2.05, 4.69) is 6.92 Å². The molecule has 0 amide bonds. The van der Waals surface area contributed by atoms with Crippen LogP contribution in [0.2, 0.25) is 0 Å². The van der Waals surface area contributed by atoms with Crippen LogP contribution < -0.4 is 0 Å². The third-order valence-electron chi connectivity index (χ3n) is 3.72. The summed E-state index contributed by atoms with van der Waals surface area (Å²) < 4.78 is 31.7. The molecule has 0 saturated heterocycles. The minimum Gasteiger partial charge on any atom is -0.282 e. The maximum absolute atomic E-state index is 11.3. The van der Waals surface area contributed by atoms with E-state index in [-0.39, 0.29) is 24.4 Å². The average molecular weight is 390 g/mol. The first-order chi connectivity index (χ1) is 10.6. The second-order valence-electron chi connectivity index (χ2n) is 5.68. The molecule has 0 unspecified atom stereocenters. The predicted octanol–water partition coefficient (Wildman–Crippen LogP) is 5.47. The molecule has 0 saturated carbocycles. The van der Waals surface area contributed by atoms with Gasteiger partial charge in [0.15, 0.2) is 0 Å². The second kappa shape index (κ2) is 12.9. The van der Waals surface area contributed by atoms with Crippen LogP contribution in [0.3, 0.4) is 0 Å². The van der Waals surface area contributed by atoms with Gasteiger partial charge in [-0.3, -0.25) is 4.55 Å². The molecule has 0 aliphatic heterocycles. The minimum absolute atomic E-state index is 0. The molecule has 0 aliphatic rings. The molecule has 0 heterocycles. The summed E-state index contributed by atoms with van der Waals surface area (Å²) in [7, 11) is -4.15. The van der Waals surface area contributed by atoms with E-state index in [0.29, 0.717) is 5.56 Å². The van der Waals surface area contributed by atoms with Crippen LogP contribution >= 0.6 is 0 Å². The van der Waals surface area contributed by atoms with Crippen LogP contribution in [-0.2, 0) is 29.6 Å². The van der Waals surface area contributed by atoms with Gasteiger partial charge in [-0.05, 0) is 24.5 Å². The molecule has 3 nitrogen and oxygen atoms in total. The van der Waals surface area contributed by atoms with Crippen LogP contribution in [0.4, 0.5) is 0 Å². The Kier molecular flexibility index (Phi) is 12.6. The van der Waals surface area contributed by atoms with E-state index in [4.69, 9.17) is 4.55 Å². The van der Waals surface area contributed by atoms with E-state index in [0.717, 1.165) is 12.8 Å². The van der Waals surface area contributed by atoms with Crippen molar-refractivity contribution in [3.8, 4) is 0 Å². The molecule has 1 aromatic rings. The van der Waals surface area contributed by atoms with Gasteiger partial charge in [0, 0.05) is 19.5 Å². The number of rotatable bonds is 11. The van der Waals surface area contributed by atoms with Crippen molar-refractivity contribution in [2.75, 3.05) is 0 Å². The number of allylic oxidation sites excluding steroid dienone is 1. The number of hydrogen-bond donors (Lipinski definition) is 1. The van der Waals surface area contributed by atoms with Gasteiger partial charge >= 0.3 is 0 Å². The van der Waals surface area contributed by atoms with Crippen molar-refractivity contribution in [2.45, 2.75) is 69.6 Å². The van der Waals surface area contributed by atoms with E-state index < -0.39 is 10.1 Å². The number of unbranched alkanes of at least 4 members (excludes halogenated alkanes) is 8. The summed E-state index contributed by atoms with van der Waals surface area (Å²) in [6, 6.07) is 6.50. The van der Waals surface area contributed by atoms with Crippen molar-refractivity contribution in [3.05, 3.63) is 35.9 Å². The summed E-state index contributed by atoms with van der Waals surface area (Å²) >= 11 is 0. The van der Waals surface area contributed by atoms with Crippen LogP contribution in [0.25, 0.3) is 6.08 Å². The maximum Gasteiger partial charge on any atom is 0.295 e. The van der Waals surface area contributed by atoms with Crippen molar-refractivity contribution in [2.24, 2.45) is 0 Å². The zero-order chi connectivity index (χ0) is 16.3. The van der Waals surface area contributed by atoms with Crippen LogP contribution in [0.1, 0.15) is 70.3 Å². The molecule has 0 radical (unpaired) electrons. The topological polar surface area (TPSA) is 54.4 Å². The molecule has 1 aromatic carbocycles. The van der Waals surface area contributed by atoms with Gasteiger partial charge in [0.25, 0.3) is 10.1 Å². The molecule has 0 atom stereocenters. The monoisotopic (exact) mass is 388 g/mol. The van der Waals surface area contributed by atoms with Gasteiger partial charge in [0.1, 0.15) is 4.90 Å². The van der Waals surface area contributed by atoms with Crippen molar-refractivity contribution >= 4 is 16.2 Å². The average Bonchev–Trinajstić information content (AvgIpc) is 2.48. The molecule has 126 valence electrons. The first-order valence-corrected chi connectivity index (χ1v) is 9.72. The van der Waals surface area contributed by atoms with E-state index in [9.17, 15) is 8.42 Å². The molecule has 0 fully saturated rings. The third-order valence-corrected chi connectivity index (χ3v) is 4.65. The van der Waals surface area contributed by atoms with Crippen LogP contribution in [0, 0.1) is 0 Å². The molecule has 1 rings (SSSR count). The van der Waals surface area contributed by atoms with Crippen LogP contribution in [0.15, 0.2) is 35.2 Å². The Morgan fingerprint density at radius 2 is 1.52 bits per heavy atom. The Labute approximate surface area is 154 Å². The Balaban J connectivity index is 0.00000484. The Morgan fingerprint density at radius 1 is 0.957 bits per heavy atom. The van der Waals surface area contributed by atoms with Crippen molar-refractivity contribution in [1.29, 1.82) is 0 Å². The standard InChI is InChI=1S/C18H28O3S.Zn/c1-2-3-4-5-6-7-8-9-10-11-14-17-15-12-13-16-18(17)22(19,20)21;/h11-16H,2-10H2,1H3,(H,19,20,21);. The zero-order valence-electron chi connectivity index (χ0n) is 14.2. The Hall–Kier alpha value is -0.507. The van der Waals surface area contributed by atoms with Crippen molar-refractivity contribution in [3.63, 3.8) is 0 Å². The third kappa shape index (κ3) is 10.1. The smallest absolute Gasteiger partial charge is 0.282 e. The molecular weight excluding hydrogens is 362 g/mol. The predicted molar refractivity (Wildman–Crippen MR) is 92.5 cm³/mol. The molecule has 0 bridgehead atoms. The summed E-state index contributed by atoms with van der Waals surface area (Å²) in [5.74, 6) is 0. The van der Waals surface area contributed by atoms with Gasteiger partial charge < -0.3 is 0 Å². The van der Waals surface area contributed by atoms with Crippen molar-refractivity contribution in [1.82, 2.24) is 0 Å². The van der Waals surface area contributed by atoms with Crippen LogP contribution in [-0.4, -0.2) is 13.0 Å². The summed E-state index contributed by atoms with van der Waals surface area (Å²) in [6.45, 7) is 2.23. The van der Waals surface area contributed by atoms with Gasteiger partial charge in [-0.2, -0.15) is 8.42 Å². The first-order valence-electron chi connectivity index (χ1n) is 8.28. The van der Waals surface area contributed by atoms with E-state index >= 15 is 0 Å². The zero-order valence-corrected chi connectivity index (χ0v) is 18.0. The maximum atomic E-state index is 11.3. The molecular formula is C18H28O3SZn. The van der Waals surface area contributed by atoms with Crippen LogP contribution in [0.5, 0.6) is 0 Å². The largest absolute Gasteiger partial charge is 0.295 e. The Morgan fingerprint density at radius 3 is 2.13 bits per heavy atom. The fraction of sp³-hybridized carbons (Fsp3) is 0.556. The summed E-state index contributed by atoms with van der Waals surface area (Å²) in [5, 5.41) is 0. The molecule has 0 aromatic heterocycles. The van der Waals surface area contributed by atoms with Crippen molar-refractivity contribution < 1.29 is 32.4 Å². The molecule has 0 aliphatic carbocycles. The summed E-state index contributed by atoms with van der Waals surface area (Å²) in [4.78, 5) is -0.0258. The molecule has 23 heavy (non-hydrogen) atoms. The van der Waals surface area contributed by atoms with Gasteiger partial charge in [0.2, 0.25) is 0 Å². The summed E-state index contributed by atoms with van der Waals surface area (Å²) in [5.41, 5.74) is 0.546. The van der Waals surface area contributed by atoms with E-state index in [1.807, 2.05) is 6.08 Å². The molecule has 1 N–H and O–H groups in total. The van der Waals surface area contributed by atoms with Gasteiger partial charge in [0.05, 0.1) is 0 Å². The fourth-order valence-electron chi connectivity index (χ4n) is 2.46. The number of benzene rings is 1. The first kappa shape index (κ1) is 22.5. The normalized spacial score (nSPS) is 11.6. The summed E-state index contributed by atoms with van der Waals surface area (Å²) in [6.07, 6.45) is 15.0. The number of hydrogen-bond acceptors (Lipinski definition) is 2. The molecule has 5 heteroatoms. The van der Waals surface area contributed by atoms with E-state index in [1.54, 1.807) is 24.3 Å². The van der Waals surface area contributed by atoms with Gasteiger partial charge in [-0.25, -0.2) is 0 Å². The molecule has 0 spiro atoms. The minimum atomic E-state index is -4.15. The second-order valence-corrected chi connectivity index (χ2v) is 7.07.